The Morgan fingerprint density at radius 2 is 1.88 bits per heavy atom. The van der Waals surface area contributed by atoms with Crippen LogP contribution in [-0.2, 0) is 0 Å². The molecule has 1 aromatic rings. The van der Waals surface area contributed by atoms with E-state index in [2.05, 4.69) is 35.8 Å². The lowest BCUT2D eigenvalue weighted by Crippen LogP contribution is -2.23. The molecule has 0 amide bonds. The predicted molar refractivity (Wildman–Crippen MR) is 74.6 cm³/mol. The molecule has 3 heteroatoms. The third kappa shape index (κ3) is 4.32. The van der Waals surface area contributed by atoms with Crippen molar-refractivity contribution in [1.82, 2.24) is 0 Å². The second-order valence-electron chi connectivity index (χ2n) is 4.96. The summed E-state index contributed by atoms with van der Waals surface area (Å²) in [6, 6.07) is 5.98. The van der Waals surface area contributed by atoms with Crippen LogP contribution in [0.15, 0.2) is 22.7 Å². The number of ether oxygens (including phenoxy) is 1. The minimum atomic E-state index is -0.418. The van der Waals surface area contributed by atoms with Crippen LogP contribution in [0.3, 0.4) is 0 Å². The third-order valence-electron chi connectivity index (χ3n) is 2.77. The van der Waals surface area contributed by atoms with E-state index in [1.54, 1.807) is 0 Å². The summed E-state index contributed by atoms with van der Waals surface area (Å²) in [6.45, 7) is 8.58. The predicted octanol–water partition coefficient (Wildman–Crippen LogP) is 3.97. The van der Waals surface area contributed by atoms with Crippen LogP contribution in [-0.4, -0.2) is 17.8 Å². The Balaban J connectivity index is 2.77. The maximum absolute atomic E-state index is 9.74. The minimum Gasteiger partial charge on any atom is -0.491 e. The number of hydrogen-bond acceptors (Lipinski definition) is 2. The zero-order chi connectivity index (χ0) is 13.0. The van der Waals surface area contributed by atoms with E-state index in [1.165, 1.54) is 0 Å². The van der Waals surface area contributed by atoms with Crippen LogP contribution >= 0.6 is 15.9 Å². The SMILES string of the molecule is CC(C)c1cc(Br)ccc1OCC(O)C(C)C. The van der Waals surface area contributed by atoms with Gasteiger partial charge in [0.25, 0.3) is 0 Å². The minimum absolute atomic E-state index is 0.216. The number of rotatable bonds is 5. The molecule has 0 saturated heterocycles. The molecular formula is C14H21BrO2. The normalized spacial score (nSPS) is 13.2. The topological polar surface area (TPSA) is 29.5 Å². The molecular weight excluding hydrogens is 280 g/mol. The van der Waals surface area contributed by atoms with Crippen LogP contribution in [0.25, 0.3) is 0 Å². The highest BCUT2D eigenvalue weighted by Crippen LogP contribution is 2.29. The molecule has 1 rings (SSSR count). The van der Waals surface area contributed by atoms with Gasteiger partial charge in [-0.2, -0.15) is 0 Å². The van der Waals surface area contributed by atoms with Crippen LogP contribution in [0.2, 0.25) is 0 Å². The van der Waals surface area contributed by atoms with Gasteiger partial charge in [-0.25, -0.2) is 0 Å². The van der Waals surface area contributed by atoms with Crippen molar-refractivity contribution in [3.8, 4) is 5.75 Å². The van der Waals surface area contributed by atoms with Gasteiger partial charge in [0, 0.05) is 4.47 Å². The molecule has 0 aliphatic heterocycles. The third-order valence-corrected chi connectivity index (χ3v) is 3.27. The fraction of sp³-hybridized carbons (Fsp3) is 0.571. The summed E-state index contributed by atoms with van der Waals surface area (Å²) in [5.41, 5.74) is 1.16. The van der Waals surface area contributed by atoms with Gasteiger partial charge in [-0.1, -0.05) is 43.6 Å². The lowest BCUT2D eigenvalue weighted by Gasteiger charge is -2.18. The van der Waals surface area contributed by atoms with Crippen molar-refractivity contribution >= 4 is 15.9 Å². The molecule has 1 aromatic carbocycles. The lowest BCUT2D eigenvalue weighted by molar-refractivity contribution is 0.0696. The average Bonchev–Trinajstić information content (AvgIpc) is 2.26. The molecule has 96 valence electrons. The molecule has 0 aromatic heterocycles. The van der Waals surface area contributed by atoms with Gasteiger partial charge in [0.15, 0.2) is 0 Å². The second-order valence-corrected chi connectivity index (χ2v) is 5.87. The maximum Gasteiger partial charge on any atom is 0.122 e. The summed E-state index contributed by atoms with van der Waals surface area (Å²) in [5.74, 6) is 1.48. The Kier molecular flexibility index (Phi) is 5.47. The molecule has 0 saturated carbocycles. The van der Waals surface area contributed by atoms with Crippen molar-refractivity contribution in [2.45, 2.75) is 39.7 Å². The van der Waals surface area contributed by atoms with Crippen molar-refractivity contribution in [1.29, 1.82) is 0 Å². The number of aliphatic hydroxyl groups is 1. The van der Waals surface area contributed by atoms with E-state index in [9.17, 15) is 5.11 Å². The van der Waals surface area contributed by atoms with Gasteiger partial charge in [0.05, 0.1) is 6.10 Å². The number of hydrogen-bond donors (Lipinski definition) is 1. The molecule has 0 aliphatic carbocycles. The zero-order valence-electron chi connectivity index (χ0n) is 10.9. The van der Waals surface area contributed by atoms with Crippen LogP contribution in [0.1, 0.15) is 39.2 Å². The van der Waals surface area contributed by atoms with Gasteiger partial charge in [-0.05, 0) is 35.6 Å². The Morgan fingerprint density at radius 3 is 2.41 bits per heavy atom. The summed E-state index contributed by atoms with van der Waals surface area (Å²) in [7, 11) is 0. The van der Waals surface area contributed by atoms with Crippen molar-refractivity contribution in [3.63, 3.8) is 0 Å². The molecule has 17 heavy (non-hydrogen) atoms. The number of halogens is 1. The Morgan fingerprint density at radius 1 is 1.24 bits per heavy atom. The van der Waals surface area contributed by atoms with Gasteiger partial charge in [0.2, 0.25) is 0 Å². The molecule has 0 spiro atoms. The Labute approximate surface area is 112 Å². The molecule has 0 fully saturated rings. The highest BCUT2D eigenvalue weighted by Gasteiger charge is 2.13. The molecule has 1 unspecified atom stereocenters. The molecule has 0 heterocycles. The van der Waals surface area contributed by atoms with Gasteiger partial charge < -0.3 is 9.84 Å². The highest BCUT2D eigenvalue weighted by molar-refractivity contribution is 9.10. The molecule has 2 nitrogen and oxygen atoms in total. The van der Waals surface area contributed by atoms with Gasteiger partial charge in [-0.3, -0.25) is 0 Å². The molecule has 0 aliphatic rings. The number of aliphatic hydroxyl groups excluding tert-OH is 1. The van der Waals surface area contributed by atoms with Crippen LogP contribution in [0, 0.1) is 5.92 Å². The van der Waals surface area contributed by atoms with Crippen LogP contribution < -0.4 is 4.74 Å². The quantitative estimate of drug-likeness (QED) is 0.891. The fourth-order valence-electron chi connectivity index (χ4n) is 1.47. The van der Waals surface area contributed by atoms with Crippen LogP contribution in [0.5, 0.6) is 5.75 Å². The fourth-order valence-corrected chi connectivity index (χ4v) is 1.85. The summed E-state index contributed by atoms with van der Waals surface area (Å²) in [5, 5.41) is 9.74. The van der Waals surface area contributed by atoms with E-state index in [0.29, 0.717) is 12.5 Å². The summed E-state index contributed by atoms with van der Waals surface area (Å²) < 4.78 is 6.76. The summed E-state index contributed by atoms with van der Waals surface area (Å²) in [6.07, 6.45) is -0.418. The first-order valence-electron chi connectivity index (χ1n) is 6.02. The van der Waals surface area contributed by atoms with Crippen molar-refractivity contribution in [2.24, 2.45) is 5.92 Å². The Hall–Kier alpha value is -0.540. The monoisotopic (exact) mass is 300 g/mol. The second kappa shape index (κ2) is 6.41. The summed E-state index contributed by atoms with van der Waals surface area (Å²) >= 11 is 3.46. The largest absolute Gasteiger partial charge is 0.491 e. The van der Waals surface area contributed by atoms with Crippen molar-refractivity contribution in [2.75, 3.05) is 6.61 Å². The first-order chi connectivity index (χ1) is 7.91. The molecule has 0 radical (unpaired) electrons. The smallest absolute Gasteiger partial charge is 0.122 e. The van der Waals surface area contributed by atoms with E-state index in [1.807, 2.05) is 26.0 Å². The van der Waals surface area contributed by atoms with Gasteiger partial charge >= 0.3 is 0 Å². The summed E-state index contributed by atoms with van der Waals surface area (Å²) in [4.78, 5) is 0. The standard InChI is InChI=1S/C14H21BrO2/c1-9(2)12-7-11(15)5-6-14(12)17-8-13(16)10(3)4/h5-7,9-10,13,16H,8H2,1-4H3. The first-order valence-corrected chi connectivity index (χ1v) is 6.81. The molecule has 1 atom stereocenters. The zero-order valence-corrected chi connectivity index (χ0v) is 12.5. The van der Waals surface area contributed by atoms with E-state index in [4.69, 9.17) is 4.74 Å². The van der Waals surface area contributed by atoms with Crippen molar-refractivity contribution in [3.05, 3.63) is 28.2 Å². The first kappa shape index (κ1) is 14.5. The van der Waals surface area contributed by atoms with E-state index < -0.39 is 6.10 Å². The van der Waals surface area contributed by atoms with Gasteiger partial charge in [-0.15, -0.1) is 0 Å². The van der Waals surface area contributed by atoms with E-state index >= 15 is 0 Å². The van der Waals surface area contributed by atoms with E-state index in [-0.39, 0.29) is 5.92 Å². The Bertz CT molecular complexity index is 361. The average molecular weight is 301 g/mol. The number of benzene rings is 1. The molecule has 0 bridgehead atoms. The highest BCUT2D eigenvalue weighted by atomic mass is 79.9. The van der Waals surface area contributed by atoms with Crippen LogP contribution in [0.4, 0.5) is 0 Å². The van der Waals surface area contributed by atoms with Gasteiger partial charge in [0.1, 0.15) is 12.4 Å². The van der Waals surface area contributed by atoms with E-state index in [0.717, 1.165) is 15.8 Å². The molecule has 1 N–H and O–H groups in total. The van der Waals surface area contributed by atoms with Crippen molar-refractivity contribution < 1.29 is 9.84 Å². The lowest BCUT2D eigenvalue weighted by atomic mass is 10.0. The maximum atomic E-state index is 9.74.